The minimum Gasteiger partial charge on any atom is -0.495 e. The number of hydrogen-bond donors (Lipinski definition) is 2. The molecule has 1 atom stereocenters. The second kappa shape index (κ2) is 8.47. The quantitative estimate of drug-likeness (QED) is 0.352. The Bertz CT molecular complexity index is 722. The number of hydrogen-bond acceptors (Lipinski definition) is 3. The first-order chi connectivity index (χ1) is 11.3. The highest BCUT2D eigenvalue weighted by molar-refractivity contribution is 14.1. The lowest BCUT2D eigenvalue weighted by atomic mass is 10.2. The third-order valence-corrected chi connectivity index (χ3v) is 4.42. The highest BCUT2D eigenvalue weighted by Gasteiger charge is 2.34. The van der Waals surface area contributed by atoms with Crippen molar-refractivity contribution < 1.29 is 9.53 Å². The molecular formula is C16H14Cl3IN2O2. The summed E-state index contributed by atoms with van der Waals surface area (Å²) in [7, 11) is 1.54. The van der Waals surface area contributed by atoms with Gasteiger partial charge in [0.05, 0.1) is 12.8 Å². The molecule has 24 heavy (non-hydrogen) atoms. The molecule has 2 aromatic rings. The molecule has 0 fully saturated rings. The average molecular weight is 500 g/mol. The van der Waals surface area contributed by atoms with Crippen LogP contribution in [-0.4, -0.2) is 23.0 Å². The van der Waals surface area contributed by atoms with Crippen molar-refractivity contribution in [3.05, 3.63) is 57.7 Å². The highest BCUT2D eigenvalue weighted by atomic mass is 127. The monoisotopic (exact) mass is 498 g/mol. The average Bonchev–Trinajstić information content (AvgIpc) is 2.53. The van der Waals surface area contributed by atoms with Gasteiger partial charge in [-0.3, -0.25) is 4.79 Å². The van der Waals surface area contributed by atoms with Gasteiger partial charge in [0.2, 0.25) is 3.79 Å². The Kier molecular flexibility index (Phi) is 6.86. The van der Waals surface area contributed by atoms with Crippen molar-refractivity contribution in [2.45, 2.75) is 9.96 Å². The van der Waals surface area contributed by atoms with Gasteiger partial charge in [-0.05, 0) is 52.9 Å². The zero-order chi connectivity index (χ0) is 17.7. The van der Waals surface area contributed by atoms with E-state index in [0.29, 0.717) is 17.0 Å². The minimum atomic E-state index is -1.77. The van der Waals surface area contributed by atoms with Gasteiger partial charge in [0.15, 0.2) is 0 Å². The van der Waals surface area contributed by atoms with E-state index in [1.165, 1.54) is 7.11 Å². The van der Waals surface area contributed by atoms with Crippen LogP contribution in [-0.2, 0) is 0 Å². The number of methoxy groups -OCH3 is 1. The van der Waals surface area contributed by atoms with Gasteiger partial charge < -0.3 is 15.4 Å². The molecule has 0 aliphatic heterocycles. The van der Waals surface area contributed by atoms with Crippen molar-refractivity contribution in [1.29, 1.82) is 0 Å². The third kappa shape index (κ3) is 5.31. The fourth-order valence-corrected chi connectivity index (χ4v) is 2.83. The number of nitrogens with one attached hydrogen (secondary N) is 2. The molecule has 0 unspecified atom stereocenters. The predicted octanol–water partition coefficient (Wildman–Crippen LogP) is 4.84. The Morgan fingerprint density at radius 2 is 1.88 bits per heavy atom. The Morgan fingerprint density at radius 1 is 1.17 bits per heavy atom. The summed E-state index contributed by atoms with van der Waals surface area (Å²) in [6.07, 6.45) is -0.954. The summed E-state index contributed by atoms with van der Waals surface area (Å²) in [5, 5.41) is 5.69. The normalized spacial score (nSPS) is 12.4. The first-order valence-electron chi connectivity index (χ1n) is 6.84. The number of para-hydroxylation sites is 2. The van der Waals surface area contributed by atoms with E-state index in [2.05, 4.69) is 33.2 Å². The molecule has 2 N–H and O–H groups in total. The fraction of sp³-hybridized carbons (Fsp3) is 0.188. The molecule has 4 nitrogen and oxygen atoms in total. The summed E-state index contributed by atoms with van der Waals surface area (Å²) in [6, 6.07) is 14.3. The van der Waals surface area contributed by atoms with Crippen LogP contribution in [0.1, 0.15) is 10.4 Å². The van der Waals surface area contributed by atoms with Gasteiger partial charge in [-0.1, -0.05) is 53.0 Å². The molecule has 2 aromatic carbocycles. The SMILES string of the molecule is COc1ccccc1N[C@H](NC(=O)c1cccc(I)c1)C(Cl)(Cl)Cl. The summed E-state index contributed by atoms with van der Waals surface area (Å²) in [5.41, 5.74) is 1.07. The maximum atomic E-state index is 12.4. The van der Waals surface area contributed by atoms with Gasteiger partial charge in [0.1, 0.15) is 11.9 Å². The molecule has 0 saturated carbocycles. The molecule has 1 amide bonds. The Morgan fingerprint density at radius 3 is 2.50 bits per heavy atom. The molecule has 0 aromatic heterocycles. The number of carbonyl (C=O) groups excluding carboxylic acids is 1. The van der Waals surface area contributed by atoms with E-state index in [1.54, 1.807) is 30.3 Å². The largest absolute Gasteiger partial charge is 0.495 e. The number of halogens is 4. The van der Waals surface area contributed by atoms with Crippen LogP contribution < -0.4 is 15.4 Å². The molecule has 128 valence electrons. The van der Waals surface area contributed by atoms with Crippen molar-refractivity contribution >= 4 is 69.0 Å². The molecule has 0 bridgehead atoms. The number of rotatable bonds is 5. The van der Waals surface area contributed by atoms with E-state index in [-0.39, 0.29) is 5.91 Å². The second-order valence-electron chi connectivity index (χ2n) is 4.80. The van der Waals surface area contributed by atoms with Gasteiger partial charge in [-0.2, -0.15) is 0 Å². The number of carbonyl (C=O) groups is 1. The van der Waals surface area contributed by atoms with Crippen LogP contribution in [0.4, 0.5) is 5.69 Å². The molecule has 0 saturated heterocycles. The van der Waals surface area contributed by atoms with Crippen molar-refractivity contribution in [3.63, 3.8) is 0 Å². The number of ether oxygens (including phenoxy) is 1. The first kappa shape index (κ1) is 19.4. The molecule has 0 aliphatic carbocycles. The second-order valence-corrected chi connectivity index (χ2v) is 8.42. The Hall–Kier alpha value is -0.890. The topological polar surface area (TPSA) is 50.4 Å². The predicted molar refractivity (Wildman–Crippen MR) is 107 cm³/mol. The van der Waals surface area contributed by atoms with Crippen LogP contribution in [0.3, 0.4) is 0 Å². The maximum Gasteiger partial charge on any atom is 0.253 e. The van der Waals surface area contributed by atoms with Gasteiger partial charge in [-0.15, -0.1) is 0 Å². The van der Waals surface area contributed by atoms with Crippen LogP contribution >= 0.6 is 57.4 Å². The molecule has 0 radical (unpaired) electrons. The molecule has 0 aliphatic rings. The van der Waals surface area contributed by atoms with Crippen molar-refractivity contribution in [2.75, 3.05) is 12.4 Å². The lowest BCUT2D eigenvalue weighted by Crippen LogP contribution is -2.49. The number of amides is 1. The number of benzene rings is 2. The van der Waals surface area contributed by atoms with E-state index >= 15 is 0 Å². The molecule has 0 heterocycles. The van der Waals surface area contributed by atoms with Gasteiger partial charge in [0.25, 0.3) is 5.91 Å². The van der Waals surface area contributed by atoms with Crippen molar-refractivity contribution in [1.82, 2.24) is 5.32 Å². The molecular weight excluding hydrogens is 485 g/mol. The first-order valence-corrected chi connectivity index (χ1v) is 9.05. The van der Waals surface area contributed by atoms with E-state index in [4.69, 9.17) is 39.5 Å². The van der Waals surface area contributed by atoms with E-state index in [0.717, 1.165) is 3.57 Å². The zero-order valence-electron chi connectivity index (χ0n) is 12.5. The lowest BCUT2D eigenvalue weighted by Gasteiger charge is -2.28. The maximum absolute atomic E-state index is 12.4. The van der Waals surface area contributed by atoms with Gasteiger partial charge >= 0.3 is 0 Å². The van der Waals surface area contributed by atoms with E-state index in [9.17, 15) is 4.79 Å². The fourth-order valence-electron chi connectivity index (χ4n) is 1.96. The lowest BCUT2D eigenvalue weighted by molar-refractivity contribution is 0.0941. The molecule has 8 heteroatoms. The summed E-state index contributed by atoms with van der Waals surface area (Å²) >= 11 is 20.2. The summed E-state index contributed by atoms with van der Waals surface area (Å²) in [5.74, 6) is 0.215. The smallest absolute Gasteiger partial charge is 0.253 e. The van der Waals surface area contributed by atoms with Crippen LogP contribution in [0.5, 0.6) is 5.75 Å². The number of anilines is 1. The van der Waals surface area contributed by atoms with Crippen LogP contribution in [0.25, 0.3) is 0 Å². The van der Waals surface area contributed by atoms with Crippen LogP contribution in [0.15, 0.2) is 48.5 Å². The summed E-state index contributed by atoms with van der Waals surface area (Å²) < 4.78 is 4.43. The zero-order valence-corrected chi connectivity index (χ0v) is 16.9. The van der Waals surface area contributed by atoms with Crippen LogP contribution in [0.2, 0.25) is 0 Å². The van der Waals surface area contributed by atoms with Crippen molar-refractivity contribution in [2.24, 2.45) is 0 Å². The van der Waals surface area contributed by atoms with E-state index < -0.39 is 9.96 Å². The Balaban J connectivity index is 2.22. The third-order valence-electron chi connectivity index (χ3n) is 3.10. The minimum absolute atomic E-state index is 0.354. The standard InChI is InChI=1S/C16H14Cl3IN2O2/c1-24-13-8-3-2-7-12(13)21-15(16(17,18)19)22-14(23)10-5-4-6-11(20)9-10/h2-9,15,21H,1H3,(H,22,23)/t15-/m1/s1. The van der Waals surface area contributed by atoms with Crippen LogP contribution in [0, 0.1) is 3.57 Å². The summed E-state index contributed by atoms with van der Waals surface area (Å²) in [6.45, 7) is 0. The number of alkyl halides is 3. The highest BCUT2D eigenvalue weighted by Crippen LogP contribution is 2.33. The van der Waals surface area contributed by atoms with Gasteiger partial charge in [-0.25, -0.2) is 0 Å². The Labute approximate surface area is 168 Å². The molecule has 0 spiro atoms. The van der Waals surface area contributed by atoms with Crippen molar-refractivity contribution in [3.8, 4) is 5.75 Å². The van der Waals surface area contributed by atoms with Gasteiger partial charge in [0, 0.05) is 9.13 Å². The summed E-state index contributed by atoms with van der Waals surface area (Å²) in [4.78, 5) is 12.4. The van der Waals surface area contributed by atoms with E-state index in [1.807, 2.05) is 18.2 Å². The molecule has 2 rings (SSSR count).